The Kier molecular flexibility index (Phi) is 5.44. The Hall–Kier alpha value is -1.52. The highest BCUT2D eigenvalue weighted by atomic mass is 32.1. The molecule has 0 amide bonds. The molecule has 2 aromatic rings. The van der Waals surface area contributed by atoms with Crippen molar-refractivity contribution in [1.82, 2.24) is 0 Å². The number of aliphatic hydroxyl groups excluding tert-OH is 1. The molecule has 1 N–H and O–H groups in total. The topological polar surface area (TPSA) is 38.7 Å². The molecule has 2 rings (SSSR count). The minimum absolute atomic E-state index is 0.396. The second-order valence-corrected chi connectivity index (χ2v) is 5.47. The van der Waals surface area contributed by atoms with Gasteiger partial charge in [0.05, 0.1) is 19.8 Å². The van der Waals surface area contributed by atoms with E-state index in [4.69, 9.17) is 9.47 Å². The number of hydrogen-bond donors (Lipinski definition) is 1. The summed E-state index contributed by atoms with van der Waals surface area (Å²) in [7, 11) is 1.64. The summed E-state index contributed by atoms with van der Waals surface area (Å²) in [6.45, 7) is 2.56. The third-order valence-electron chi connectivity index (χ3n) is 3.11. The molecule has 108 valence electrons. The SMILES string of the molecule is CCOc1cc(CCC(O)c2cccs2)ccc1OC. The van der Waals surface area contributed by atoms with Crippen LogP contribution in [-0.2, 0) is 6.42 Å². The van der Waals surface area contributed by atoms with Gasteiger partial charge in [-0.2, -0.15) is 0 Å². The Bertz CT molecular complexity index is 523. The smallest absolute Gasteiger partial charge is 0.161 e. The lowest BCUT2D eigenvalue weighted by molar-refractivity contribution is 0.171. The zero-order valence-electron chi connectivity index (χ0n) is 11.8. The molecule has 3 nitrogen and oxygen atoms in total. The van der Waals surface area contributed by atoms with Gasteiger partial charge < -0.3 is 14.6 Å². The summed E-state index contributed by atoms with van der Waals surface area (Å²) < 4.78 is 10.8. The largest absolute Gasteiger partial charge is 0.493 e. The lowest BCUT2D eigenvalue weighted by Crippen LogP contribution is -1.99. The third-order valence-corrected chi connectivity index (χ3v) is 4.08. The fourth-order valence-corrected chi connectivity index (χ4v) is 2.82. The zero-order chi connectivity index (χ0) is 14.4. The number of aryl methyl sites for hydroxylation is 1. The maximum Gasteiger partial charge on any atom is 0.161 e. The number of hydrogen-bond acceptors (Lipinski definition) is 4. The van der Waals surface area contributed by atoms with E-state index in [1.54, 1.807) is 18.4 Å². The minimum atomic E-state index is -0.396. The first kappa shape index (κ1) is 14.9. The molecule has 0 saturated heterocycles. The lowest BCUT2D eigenvalue weighted by Gasteiger charge is -2.12. The fraction of sp³-hybridized carbons (Fsp3) is 0.375. The van der Waals surface area contributed by atoms with Crippen molar-refractivity contribution in [3.63, 3.8) is 0 Å². The predicted octanol–water partition coefficient (Wildman–Crippen LogP) is 3.82. The van der Waals surface area contributed by atoms with E-state index in [0.29, 0.717) is 13.0 Å². The molecular formula is C16H20O3S. The molecule has 0 aliphatic rings. The highest BCUT2D eigenvalue weighted by molar-refractivity contribution is 7.10. The molecule has 0 bridgehead atoms. The van der Waals surface area contributed by atoms with E-state index < -0.39 is 6.10 Å². The molecule has 0 spiro atoms. The van der Waals surface area contributed by atoms with Crippen LogP contribution >= 0.6 is 11.3 Å². The van der Waals surface area contributed by atoms with Gasteiger partial charge in [-0.25, -0.2) is 0 Å². The maximum atomic E-state index is 10.1. The van der Waals surface area contributed by atoms with E-state index in [9.17, 15) is 5.11 Å². The van der Waals surface area contributed by atoms with Crippen LogP contribution in [0.4, 0.5) is 0 Å². The second-order valence-electron chi connectivity index (χ2n) is 4.49. The molecule has 0 aliphatic carbocycles. The normalized spacial score (nSPS) is 12.2. The Balaban J connectivity index is 2.00. The summed E-state index contributed by atoms with van der Waals surface area (Å²) in [6, 6.07) is 9.85. The molecule has 0 fully saturated rings. The molecule has 0 radical (unpaired) electrons. The summed E-state index contributed by atoms with van der Waals surface area (Å²) in [4.78, 5) is 1.02. The van der Waals surface area contributed by atoms with Gasteiger partial charge in [-0.05, 0) is 48.9 Å². The van der Waals surface area contributed by atoms with Crippen LogP contribution in [0.3, 0.4) is 0 Å². The van der Waals surface area contributed by atoms with Crippen molar-refractivity contribution in [1.29, 1.82) is 0 Å². The van der Waals surface area contributed by atoms with E-state index in [-0.39, 0.29) is 0 Å². The number of benzene rings is 1. The van der Waals surface area contributed by atoms with Crippen molar-refractivity contribution in [2.45, 2.75) is 25.9 Å². The number of methoxy groups -OCH3 is 1. The van der Waals surface area contributed by atoms with Crippen molar-refractivity contribution in [3.8, 4) is 11.5 Å². The molecule has 20 heavy (non-hydrogen) atoms. The van der Waals surface area contributed by atoms with Crippen LogP contribution in [0.15, 0.2) is 35.7 Å². The van der Waals surface area contributed by atoms with Crippen LogP contribution in [0, 0.1) is 0 Å². The summed E-state index contributed by atoms with van der Waals surface area (Å²) in [6.07, 6.45) is 1.12. The molecule has 0 saturated carbocycles. The number of ether oxygens (including phenoxy) is 2. The third kappa shape index (κ3) is 3.74. The van der Waals surface area contributed by atoms with Crippen molar-refractivity contribution in [3.05, 3.63) is 46.2 Å². The van der Waals surface area contributed by atoms with Gasteiger partial charge in [-0.3, -0.25) is 0 Å². The molecule has 1 aromatic carbocycles. The van der Waals surface area contributed by atoms with E-state index in [0.717, 1.165) is 28.4 Å². The van der Waals surface area contributed by atoms with Gasteiger partial charge >= 0.3 is 0 Å². The average molecular weight is 292 g/mol. The Labute approximate surface area is 123 Å². The number of aliphatic hydroxyl groups is 1. The van der Waals surface area contributed by atoms with Crippen molar-refractivity contribution in [2.24, 2.45) is 0 Å². The first-order valence-electron chi connectivity index (χ1n) is 6.75. The lowest BCUT2D eigenvalue weighted by atomic mass is 10.1. The van der Waals surface area contributed by atoms with E-state index in [1.807, 2.05) is 42.6 Å². The molecule has 1 unspecified atom stereocenters. The summed E-state index contributed by atoms with van der Waals surface area (Å²) in [5, 5.41) is 12.1. The highest BCUT2D eigenvalue weighted by Gasteiger charge is 2.10. The molecule has 4 heteroatoms. The van der Waals surface area contributed by atoms with Crippen LogP contribution in [0.25, 0.3) is 0 Å². The minimum Gasteiger partial charge on any atom is -0.493 e. The molecular weight excluding hydrogens is 272 g/mol. The maximum absolute atomic E-state index is 10.1. The van der Waals surface area contributed by atoms with Crippen molar-refractivity contribution >= 4 is 11.3 Å². The van der Waals surface area contributed by atoms with Gasteiger partial charge in [0.25, 0.3) is 0 Å². The van der Waals surface area contributed by atoms with Crippen LogP contribution < -0.4 is 9.47 Å². The summed E-state index contributed by atoms with van der Waals surface area (Å²) >= 11 is 1.59. The van der Waals surface area contributed by atoms with E-state index in [1.165, 1.54) is 0 Å². The van der Waals surface area contributed by atoms with E-state index >= 15 is 0 Å². The van der Waals surface area contributed by atoms with Gasteiger partial charge in [0, 0.05) is 4.88 Å². The summed E-state index contributed by atoms with van der Waals surface area (Å²) in [5.41, 5.74) is 1.14. The standard InChI is InChI=1S/C16H20O3S/c1-3-19-15-11-12(7-9-14(15)18-2)6-8-13(17)16-5-4-10-20-16/h4-5,7,9-11,13,17H,3,6,8H2,1-2H3. The van der Waals surface area contributed by atoms with Gasteiger partial charge in [0.2, 0.25) is 0 Å². The zero-order valence-corrected chi connectivity index (χ0v) is 12.7. The molecule has 1 aromatic heterocycles. The van der Waals surface area contributed by atoms with Crippen LogP contribution in [0.5, 0.6) is 11.5 Å². The first-order chi connectivity index (χ1) is 9.74. The second kappa shape index (κ2) is 7.31. The van der Waals surface area contributed by atoms with Gasteiger partial charge in [-0.1, -0.05) is 12.1 Å². The van der Waals surface area contributed by atoms with Crippen molar-refractivity contribution < 1.29 is 14.6 Å². The van der Waals surface area contributed by atoms with Crippen LogP contribution in [0.2, 0.25) is 0 Å². The number of thiophene rings is 1. The Morgan fingerprint density at radius 3 is 2.75 bits per heavy atom. The Morgan fingerprint density at radius 1 is 1.25 bits per heavy atom. The average Bonchev–Trinajstić information content (AvgIpc) is 2.99. The van der Waals surface area contributed by atoms with Crippen LogP contribution in [0.1, 0.15) is 29.9 Å². The van der Waals surface area contributed by atoms with Crippen LogP contribution in [-0.4, -0.2) is 18.8 Å². The quantitative estimate of drug-likeness (QED) is 0.843. The summed E-state index contributed by atoms with van der Waals surface area (Å²) in [5.74, 6) is 1.51. The van der Waals surface area contributed by atoms with Gasteiger partial charge in [-0.15, -0.1) is 11.3 Å². The van der Waals surface area contributed by atoms with Crippen molar-refractivity contribution in [2.75, 3.05) is 13.7 Å². The van der Waals surface area contributed by atoms with Gasteiger partial charge in [0.1, 0.15) is 0 Å². The fourth-order valence-electron chi connectivity index (χ4n) is 2.07. The highest BCUT2D eigenvalue weighted by Crippen LogP contribution is 2.30. The number of rotatable bonds is 7. The first-order valence-corrected chi connectivity index (χ1v) is 7.63. The van der Waals surface area contributed by atoms with Gasteiger partial charge in [0.15, 0.2) is 11.5 Å². The molecule has 1 atom stereocenters. The van der Waals surface area contributed by atoms with E-state index in [2.05, 4.69) is 0 Å². The Morgan fingerprint density at radius 2 is 2.10 bits per heavy atom. The molecule has 0 aliphatic heterocycles. The predicted molar refractivity (Wildman–Crippen MR) is 81.8 cm³/mol. The molecule has 1 heterocycles. The monoisotopic (exact) mass is 292 g/mol.